The van der Waals surface area contributed by atoms with Crippen molar-refractivity contribution in [2.75, 3.05) is 6.54 Å². The molecule has 0 heterocycles. The van der Waals surface area contributed by atoms with Crippen molar-refractivity contribution in [3.8, 4) is 0 Å². The first-order valence-electron chi connectivity index (χ1n) is 4.64. The molecule has 1 N–H and O–H groups in total. The highest BCUT2D eigenvalue weighted by Gasteiger charge is 2.24. The van der Waals surface area contributed by atoms with Gasteiger partial charge in [-0.3, -0.25) is 9.59 Å². The minimum absolute atomic E-state index is 0.00653. The maximum atomic E-state index is 11.4. The van der Waals surface area contributed by atoms with Gasteiger partial charge in [-0.05, 0) is 12.8 Å². The van der Waals surface area contributed by atoms with E-state index in [0.29, 0.717) is 19.4 Å². The fourth-order valence-corrected chi connectivity index (χ4v) is 1.57. The zero-order chi connectivity index (χ0) is 9.68. The van der Waals surface area contributed by atoms with Gasteiger partial charge in [0.15, 0.2) is 0 Å². The van der Waals surface area contributed by atoms with Gasteiger partial charge in [0.1, 0.15) is 5.78 Å². The number of carbonyl (C=O) groups is 2. The van der Waals surface area contributed by atoms with E-state index in [1.165, 1.54) is 0 Å². The van der Waals surface area contributed by atoms with E-state index in [1.807, 2.05) is 0 Å². The molecule has 1 aliphatic rings. The molecule has 0 saturated heterocycles. The Morgan fingerprint density at radius 3 is 3.08 bits per heavy atom. The Bertz CT molecular complexity index is 223. The maximum absolute atomic E-state index is 11.4. The standard InChI is InChI=1S/C10H15NO2/c1-2-6-11-10(13)8-4-3-5-9(12)7-8/h2,8H,1,3-7H2,(H,11,13). The number of carbonyl (C=O) groups excluding carboxylic acids is 2. The molecule has 1 aliphatic carbocycles. The molecule has 1 unspecified atom stereocenters. The van der Waals surface area contributed by atoms with Gasteiger partial charge in [0.05, 0.1) is 0 Å². The zero-order valence-corrected chi connectivity index (χ0v) is 7.71. The van der Waals surface area contributed by atoms with Gasteiger partial charge in [-0.1, -0.05) is 6.08 Å². The zero-order valence-electron chi connectivity index (χ0n) is 7.71. The summed E-state index contributed by atoms with van der Waals surface area (Å²) in [6, 6.07) is 0. The molecular formula is C10H15NO2. The number of ketones is 1. The van der Waals surface area contributed by atoms with Gasteiger partial charge in [-0.15, -0.1) is 6.58 Å². The molecule has 3 nitrogen and oxygen atoms in total. The number of rotatable bonds is 3. The lowest BCUT2D eigenvalue weighted by atomic mass is 9.88. The van der Waals surface area contributed by atoms with Crippen LogP contribution < -0.4 is 5.32 Å². The third kappa shape index (κ3) is 3.01. The Labute approximate surface area is 78.2 Å². The average Bonchev–Trinajstić information content (AvgIpc) is 2.14. The molecule has 0 aromatic rings. The Balaban J connectivity index is 2.36. The molecular weight excluding hydrogens is 166 g/mol. The minimum atomic E-state index is -0.0961. The van der Waals surface area contributed by atoms with E-state index in [1.54, 1.807) is 6.08 Å². The summed E-state index contributed by atoms with van der Waals surface area (Å²) in [5.41, 5.74) is 0. The van der Waals surface area contributed by atoms with Crippen LogP contribution in [0.15, 0.2) is 12.7 Å². The van der Waals surface area contributed by atoms with Crippen molar-refractivity contribution in [2.45, 2.75) is 25.7 Å². The second-order valence-corrected chi connectivity index (χ2v) is 3.37. The SMILES string of the molecule is C=CCNC(=O)C1CCCC(=O)C1. The Morgan fingerprint density at radius 1 is 1.69 bits per heavy atom. The molecule has 0 spiro atoms. The van der Waals surface area contributed by atoms with E-state index in [-0.39, 0.29) is 17.6 Å². The number of hydrogen-bond donors (Lipinski definition) is 1. The predicted octanol–water partition coefficient (Wildman–Crippen LogP) is 1.05. The summed E-state index contributed by atoms with van der Waals surface area (Å²) in [5, 5.41) is 2.71. The Morgan fingerprint density at radius 2 is 2.46 bits per heavy atom. The number of amides is 1. The lowest BCUT2D eigenvalue weighted by Gasteiger charge is -2.19. The molecule has 0 radical (unpaired) electrons. The molecule has 72 valence electrons. The molecule has 1 amide bonds. The Kier molecular flexibility index (Phi) is 3.68. The highest BCUT2D eigenvalue weighted by molar-refractivity contribution is 5.87. The maximum Gasteiger partial charge on any atom is 0.223 e. The van der Waals surface area contributed by atoms with Gasteiger partial charge < -0.3 is 5.32 Å². The topological polar surface area (TPSA) is 46.2 Å². The molecule has 1 atom stereocenters. The number of Topliss-reactive ketones (excluding diaryl/α,β-unsaturated/α-hetero) is 1. The first-order valence-corrected chi connectivity index (χ1v) is 4.64. The number of hydrogen-bond acceptors (Lipinski definition) is 2. The monoisotopic (exact) mass is 181 g/mol. The van der Waals surface area contributed by atoms with Gasteiger partial charge in [0.2, 0.25) is 5.91 Å². The molecule has 0 aliphatic heterocycles. The molecule has 0 bridgehead atoms. The fraction of sp³-hybridized carbons (Fsp3) is 0.600. The first kappa shape index (κ1) is 9.96. The summed E-state index contributed by atoms with van der Waals surface area (Å²) in [6.07, 6.45) is 4.40. The minimum Gasteiger partial charge on any atom is -0.352 e. The molecule has 3 heteroatoms. The Hall–Kier alpha value is -1.12. The lowest BCUT2D eigenvalue weighted by Crippen LogP contribution is -2.33. The predicted molar refractivity (Wildman–Crippen MR) is 50.2 cm³/mol. The molecule has 0 aromatic heterocycles. The summed E-state index contributed by atoms with van der Waals surface area (Å²) in [7, 11) is 0. The third-order valence-corrected chi connectivity index (χ3v) is 2.27. The van der Waals surface area contributed by atoms with Crippen LogP contribution in [0.2, 0.25) is 0 Å². The van der Waals surface area contributed by atoms with Gasteiger partial charge in [0.25, 0.3) is 0 Å². The van der Waals surface area contributed by atoms with Crippen LogP contribution in [0.5, 0.6) is 0 Å². The van der Waals surface area contributed by atoms with Gasteiger partial charge in [-0.25, -0.2) is 0 Å². The van der Waals surface area contributed by atoms with Crippen molar-refractivity contribution in [3.05, 3.63) is 12.7 Å². The summed E-state index contributed by atoms with van der Waals surface area (Å²) in [5.74, 6) is 0.110. The van der Waals surface area contributed by atoms with E-state index in [2.05, 4.69) is 11.9 Å². The van der Waals surface area contributed by atoms with Crippen LogP contribution in [-0.4, -0.2) is 18.2 Å². The van der Waals surface area contributed by atoms with Crippen molar-refractivity contribution in [1.29, 1.82) is 0 Å². The number of nitrogens with one attached hydrogen (secondary N) is 1. The molecule has 13 heavy (non-hydrogen) atoms. The van der Waals surface area contributed by atoms with Crippen LogP contribution in [0, 0.1) is 5.92 Å². The summed E-state index contributed by atoms with van der Waals surface area (Å²) in [6.45, 7) is 4.00. The largest absolute Gasteiger partial charge is 0.352 e. The molecule has 1 rings (SSSR count). The first-order chi connectivity index (χ1) is 6.24. The van der Waals surface area contributed by atoms with Crippen LogP contribution in [-0.2, 0) is 9.59 Å². The molecule has 1 fully saturated rings. The van der Waals surface area contributed by atoms with Gasteiger partial charge in [0, 0.05) is 25.3 Å². The van der Waals surface area contributed by atoms with E-state index in [0.717, 1.165) is 12.8 Å². The van der Waals surface area contributed by atoms with E-state index in [9.17, 15) is 9.59 Å². The molecule has 0 aromatic carbocycles. The van der Waals surface area contributed by atoms with Crippen LogP contribution in [0.1, 0.15) is 25.7 Å². The van der Waals surface area contributed by atoms with Gasteiger partial charge >= 0.3 is 0 Å². The normalized spacial score (nSPS) is 22.5. The van der Waals surface area contributed by atoms with Crippen LogP contribution in [0.3, 0.4) is 0 Å². The van der Waals surface area contributed by atoms with Crippen molar-refractivity contribution in [3.63, 3.8) is 0 Å². The van der Waals surface area contributed by atoms with Crippen molar-refractivity contribution in [1.82, 2.24) is 5.32 Å². The summed E-state index contributed by atoms with van der Waals surface area (Å²) in [4.78, 5) is 22.4. The van der Waals surface area contributed by atoms with Crippen molar-refractivity contribution in [2.24, 2.45) is 5.92 Å². The van der Waals surface area contributed by atoms with Crippen molar-refractivity contribution < 1.29 is 9.59 Å². The quantitative estimate of drug-likeness (QED) is 0.661. The lowest BCUT2D eigenvalue weighted by molar-refractivity contribution is -0.131. The average molecular weight is 181 g/mol. The second-order valence-electron chi connectivity index (χ2n) is 3.37. The van der Waals surface area contributed by atoms with E-state index >= 15 is 0 Å². The summed E-state index contributed by atoms with van der Waals surface area (Å²) < 4.78 is 0. The van der Waals surface area contributed by atoms with Crippen LogP contribution >= 0.6 is 0 Å². The van der Waals surface area contributed by atoms with Gasteiger partial charge in [-0.2, -0.15) is 0 Å². The fourth-order valence-electron chi connectivity index (χ4n) is 1.57. The van der Waals surface area contributed by atoms with E-state index < -0.39 is 0 Å². The van der Waals surface area contributed by atoms with Crippen molar-refractivity contribution >= 4 is 11.7 Å². The highest BCUT2D eigenvalue weighted by Crippen LogP contribution is 2.20. The van der Waals surface area contributed by atoms with Crippen LogP contribution in [0.25, 0.3) is 0 Å². The smallest absolute Gasteiger partial charge is 0.223 e. The second kappa shape index (κ2) is 4.80. The molecule has 1 saturated carbocycles. The van der Waals surface area contributed by atoms with Crippen LogP contribution in [0.4, 0.5) is 0 Å². The van der Waals surface area contributed by atoms with E-state index in [4.69, 9.17) is 0 Å². The third-order valence-electron chi connectivity index (χ3n) is 2.27. The highest BCUT2D eigenvalue weighted by atomic mass is 16.2. The summed E-state index contributed by atoms with van der Waals surface area (Å²) >= 11 is 0.